The lowest BCUT2D eigenvalue weighted by Gasteiger charge is -2.19. The van der Waals surface area contributed by atoms with Crippen LogP contribution in [0.25, 0.3) is 0 Å². The fourth-order valence-corrected chi connectivity index (χ4v) is 2.10. The predicted molar refractivity (Wildman–Crippen MR) is 61.4 cm³/mol. The molecule has 104 valence electrons. The van der Waals surface area contributed by atoms with Crippen LogP contribution in [-0.2, 0) is 24.4 Å². The lowest BCUT2D eigenvalue weighted by atomic mass is 10.1. The molecule has 1 unspecified atom stereocenters. The van der Waals surface area contributed by atoms with E-state index < -0.39 is 5.41 Å². The highest BCUT2D eigenvalue weighted by Crippen LogP contribution is 2.48. The first-order valence-corrected chi connectivity index (χ1v) is 6.47. The van der Waals surface area contributed by atoms with E-state index in [4.69, 9.17) is 18.7 Å². The molecular weight excluding hydrogens is 252 g/mol. The molecule has 1 aromatic rings. The Balaban J connectivity index is 1.75. The molecule has 1 saturated heterocycles. The van der Waals surface area contributed by atoms with Crippen LogP contribution >= 0.6 is 0 Å². The van der Waals surface area contributed by atoms with E-state index in [9.17, 15) is 4.79 Å². The van der Waals surface area contributed by atoms with Gasteiger partial charge in [0.2, 0.25) is 11.7 Å². The molecule has 2 fully saturated rings. The Morgan fingerprint density at radius 3 is 2.95 bits per heavy atom. The third-order valence-corrected chi connectivity index (χ3v) is 3.37. The van der Waals surface area contributed by atoms with Crippen molar-refractivity contribution in [2.45, 2.75) is 31.3 Å². The fraction of sp³-hybridized carbons (Fsp3) is 0.750. The quantitative estimate of drug-likeness (QED) is 0.745. The number of carbonyl (C=O) groups is 1. The third kappa shape index (κ3) is 2.23. The van der Waals surface area contributed by atoms with Crippen LogP contribution in [0.4, 0.5) is 0 Å². The maximum absolute atomic E-state index is 11.9. The molecule has 0 amide bonds. The standard InChI is InChI=1S/C12H16N2O5/c1-2-17-11(15)12(3-4-12)10-13-9(14-19-10)8-7-16-5-6-18-8/h8H,2-7H2,1H3. The smallest absolute Gasteiger partial charge is 0.321 e. The molecule has 2 heterocycles. The number of nitrogens with zero attached hydrogens (tertiary/aromatic N) is 2. The predicted octanol–water partition coefficient (Wildman–Crippen LogP) is 0.752. The van der Waals surface area contributed by atoms with Crippen molar-refractivity contribution in [1.29, 1.82) is 0 Å². The molecule has 0 bridgehead atoms. The minimum atomic E-state index is -0.725. The first-order valence-electron chi connectivity index (χ1n) is 6.47. The lowest BCUT2D eigenvalue weighted by Crippen LogP contribution is -2.25. The number of hydrogen-bond donors (Lipinski definition) is 0. The second-order valence-electron chi connectivity index (χ2n) is 4.69. The van der Waals surface area contributed by atoms with Gasteiger partial charge in [0.25, 0.3) is 0 Å². The van der Waals surface area contributed by atoms with Crippen LogP contribution in [0.3, 0.4) is 0 Å². The number of carbonyl (C=O) groups excluding carboxylic acids is 1. The average Bonchev–Trinajstić information content (AvgIpc) is 3.11. The van der Waals surface area contributed by atoms with Gasteiger partial charge in [-0.25, -0.2) is 0 Å². The minimum absolute atomic E-state index is 0.286. The highest BCUT2D eigenvalue weighted by Gasteiger charge is 2.57. The van der Waals surface area contributed by atoms with Gasteiger partial charge in [0, 0.05) is 0 Å². The first-order chi connectivity index (χ1) is 9.26. The van der Waals surface area contributed by atoms with E-state index >= 15 is 0 Å². The summed E-state index contributed by atoms with van der Waals surface area (Å²) in [5.41, 5.74) is -0.725. The summed E-state index contributed by atoms with van der Waals surface area (Å²) in [4.78, 5) is 16.2. The van der Waals surface area contributed by atoms with Gasteiger partial charge in [0.05, 0.1) is 26.4 Å². The molecule has 0 spiro atoms. The van der Waals surface area contributed by atoms with Crippen molar-refractivity contribution in [3.05, 3.63) is 11.7 Å². The van der Waals surface area contributed by atoms with E-state index in [1.165, 1.54) is 0 Å². The number of hydrogen-bond acceptors (Lipinski definition) is 7. The molecule has 0 aromatic carbocycles. The van der Waals surface area contributed by atoms with Crippen LogP contribution in [-0.4, -0.2) is 42.5 Å². The summed E-state index contributed by atoms with van der Waals surface area (Å²) in [5.74, 6) is 0.478. The summed E-state index contributed by atoms with van der Waals surface area (Å²) in [5, 5.41) is 3.89. The third-order valence-electron chi connectivity index (χ3n) is 3.37. The molecule has 1 aliphatic heterocycles. The maximum Gasteiger partial charge on any atom is 0.321 e. The Morgan fingerprint density at radius 2 is 2.32 bits per heavy atom. The molecule has 0 radical (unpaired) electrons. The van der Waals surface area contributed by atoms with Crippen molar-refractivity contribution in [2.75, 3.05) is 26.4 Å². The Morgan fingerprint density at radius 1 is 1.47 bits per heavy atom. The van der Waals surface area contributed by atoms with E-state index in [2.05, 4.69) is 10.1 Å². The van der Waals surface area contributed by atoms with Crippen molar-refractivity contribution in [1.82, 2.24) is 10.1 Å². The summed E-state index contributed by atoms with van der Waals surface area (Å²) < 4.78 is 21.1. The van der Waals surface area contributed by atoms with Crippen molar-refractivity contribution >= 4 is 5.97 Å². The second kappa shape index (κ2) is 4.90. The molecular formula is C12H16N2O5. The van der Waals surface area contributed by atoms with Gasteiger partial charge in [0.15, 0.2) is 0 Å². The number of ether oxygens (including phenoxy) is 3. The Hall–Kier alpha value is -1.47. The van der Waals surface area contributed by atoms with Crippen molar-refractivity contribution in [3.63, 3.8) is 0 Å². The van der Waals surface area contributed by atoms with Crippen molar-refractivity contribution in [2.24, 2.45) is 0 Å². The van der Waals surface area contributed by atoms with Gasteiger partial charge in [-0.15, -0.1) is 0 Å². The fourth-order valence-electron chi connectivity index (χ4n) is 2.10. The summed E-state index contributed by atoms with van der Waals surface area (Å²) in [6, 6.07) is 0. The van der Waals surface area contributed by atoms with Crippen LogP contribution in [0.15, 0.2) is 4.52 Å². The molecule has 7 nitrogen and oxygen atoms in total. The zero-order chi connectivity index (χ0) is 13.3. The molecule has 1 atom stereocenters. The maximum atomic E-state index is 11.9. The zero-order valence-electron chi connectivity index (χ0n) is 10.8. The van der Waals surface area contributed by atoms with Crippen LogP contribution in [0.2, 0.25) is 0 Å². The highest BCUT2D eigenvalue weighted by molar-refractivity contribution is 5.85. The van der Waals surface area contributed by atoms with Gasteiger partial charge in [-0.2, -0.15) is 4.98 Å². The van der Waals surface area contributed by atoms with E-state index in [-0.39, 0.29) is 12.1 Å². The van der Waals surface area contributed by atoms with Crippen LogP contribution in [0.5, 0.6) is 0 Å². The largest absolute Gasteiger partial charge is 0.465 e. The van der Waals surface area contributed by atoms with E-state index in [0.717, 1.165) is 0 Å². The molecule has 19 heavy (non-hydrogen) atoms. The SMILES string of the molecule is CCOC(=O)C1(c2nc(C3COCCO3)no2)CC1. The second-order valence-corrected chi connectivity index (χ2v) is 4.69. The number of aromatic nitrogens is 2. The Kier molecular flexibility index (Phi) is 3.24. The summed E-state index contributed by atoms with van der Waals surface area (Å²) in [6.45, 7) is 3.62. The molecule has 3 rings (SSSR count). The molecule has 1 aromatic heterocycles. The van der Waals surface area contributed by atoms with Crippen molar-refractivity contribution in [3.8, 4) is 0 Å². The van der Waals surface area contributed by atoms with E-state index in [1.54, 1.807) is 6.92 Å². The highest BCUT2D eigenvalue weighted by atomic mass is 16.6. The zero-order valence-corrected chi connectivity index (χ0v) is 10.8. The summed E-state index contributed by atoms with van der Waals surface area (Å²) in [7, 11) is 0. The number of esters is 1. The van der Waals surface area contributed by atoms with Crippen LogP contribution < -0.4 is 0 Å². The Bertz CT molecular complexity index is 462. The van der Waals surface area contributed by atoms with Crippen LogP contribution in [0, 0.1) is 0 Å². The van der Waals surface area contributed by atoms with Gasteiger partial charge in [-0.3, -0.25) is 4.79 Å². The van der Waals surface area contributed by atoms with E-state index in [1.807, 2.05) is 0 Å². The van der Waals surface area contributed by atoms with Gasteiger partial charge in [-0.1, -0.05) is 5.16 Å². The summed E-state index contributed by atoms with van der Waals surface area (Å²) >= 11 is 0. The Labute approximate surface area is 110 Å². The van der Waals surface area contributed by atoms with Crippen molar-refractivity contribution < 1.29 is 23.5 Å². The molecule has 0 N–H and O–H groups in total. The molecule has 1 aliphatic carbocycles. The molecule has 1 saturated carbocycles. The normalized spacial score (nSPS) is 25.0. The minimum Gasteiger partial charge on any atom is -0.465 e. The lowest BCUT2D eigenvalue weighted by molar-refractivity contribution is -0.146. The van der Waals surface area contributed by atoms with Gasteiger partial charge in [0.1, 0.15) is 11.5 Å². The first kappa shape index (κ1) is 12.6. The molecule has 7 heteroatoms. The van der Waals surface area contributed by atoms with E-state index in [0.29, 0.717) is 51.0 Å². The number of rotatable bonds is 4. The topological polar surface area (TPSA) is 83.7 Å². The van der Waals surface area contributed by atoms with Crippen LogP contribution in [0.1, 0.15) is 37.6 Å². The van der Waals surface area contributed by atoms with Gasteiger partial charge in [-0.05, 0) is 19.8 Å². The average molecular weight is 268 g/mol. The molecule has 2 aliphatic rings. The summed E-state index contributed by atoms with van der Waals surface area (Å²) in [6.07, 6.45) is 1.06. The van der Waals surface area contributed by atoms with Gasteiger partial charge >= 0.3 is 5.97 Å². The van der Waals surface area contributed by atoms with Gasteiger partial charge < -0.3 is 18.7 Å². The monoisotopic (exact) mass is 268 g/mol.